The zero-order valence-electron chi connectivity index (χ0n) is 9.52. The number of rotatable bonds is 1. The summed E-state index contributed by atoms with van der Waals surface area (Å²) in [4.78, 5) is 14.6. The smallest absolute Gasteiger partial charge is 0.152 e. The van der Waals surface area contributed by atoms with Crippen molar-refractivity contribution in [1.82, 2.24) is 4.98 Å². The number of thioether (sulfide) groups is 1. The molecule has 1 aliphatic heterocycles. The molecule has 0 radical (unpaired) electrons. The molecule has 1 aromatic heterocycles. The van der Waals surface area contributed by atoms with E-state index in [0.717, 1.165) is 35.5 Å². The molecule has 0 aliphatic carbocycles. The number of nitrogens with one attached hydrogen (secondary N) is 1. The number of aromatic nitrogens is 1. The van der Waals surface area contributed by atoms with E-state index < -0.39 is 0 Å². The van der Waals surface area contributed by atoms with Crippen molar-refractivity contribution in [3.8, 4) is 0 Å². The topological polar surface area (TPSA) is 32.9 Å². The van der Waals surface area contributed by atoms with Gasteiger partial charge in [-0.2, -0.15) is 11.8 Å². The minimum absolute atomic E-state index is 0.0260. The lowest BCUT2D eigenvalue weighted by Crippen LogP contribution is -2.14. The van der Waals surface area contributed by atoms with E-state index in [9.17, 15) is 4.79 Å². The Kier molecular flexibility index (Phi) is 2.67. The minimum Gasteiger partial charge on any atom is -0.361 e. The minimum atomic E-state index is 0.0260. The second kappa shape index (κ2) is 3.71. The molecule has 0 amide bonds. The van der Waals surface area contributed by atoms with Crippen LogP contribution in [0.1, 0.15) is 48.1 Å². The molecule has 0 aromatic carbocycles. The van der Waals surface area contributed by atoms with Gasteiger partial charge < -0.3 is 4.98 Å². The lowest BCUT2D eigenvalue weighted by Gasteiger charge is -2.17. The molecule has 0 saturated heterocycles. The maximum Gasteiger partial charge on any atom is 0.152 e. The Balaban J connectivity index is 2.56. The number of hydrogen-bond donors (Lipinski definition) is 1. The number of hydrogen-bond acceptors (Lipinski definition) is 2. The number of aromatic amines is 1. The fourth-order valence-electron chi connectivity index (χ4n) is 2.06. The van der Waals surface area contributed by atoms with E-state index in [0.29, 0.717) is 0 Å². The molecule has 0 atom stereocenters. The van der Waals surface area contributed by atoms with E-state index in [1.165, 1.54) is 11.3 Å². The molecular formula is C12H17NOS. The van der Waals surface area contributed by atoms with Crippen molar-refractivity contribution in [2.45, 2.75) is 38.4 Å². The van der Waals surface area contributed by atoms with E-state index in [2.05, 4.69) is 25.8 Å². The second-order valence-electron chi connectivity index (χ2n) is 5.04. The molecule has 15 heavy (non-hydrogen) atoms. The fraction of sp³-hybridized carbons (Fsp3) is 0.583. The molecule has 0 bridgehead atoms. The highest BCUT2D eigenvalue weighted by molar-refractivity contribution is 7.98. The number of aldehydes is 1. The molecule has 0 saturated carbocycles. The summed E-state index contributed by atoms with van der Waals surface area (Å²) in [6.07, 6.45) is 2.08. The van der Waals surface area contributed by atoms with Gasteiger partial charge in [-0.1, -0.05) is 20.8 Å². The van der Waals surface area contributed by atoms with Crippen molar-refractivity contribution >= 4 is 18.0 Å². The van der Waals surface area contributed by atoms with E-state index >= 15 is 0 Å². The normalized spacial score (nSPS) is 16.2. The largest absolute Gasteiger partial charge is 0.361 e. The van der Waals surface area contributed by atoms with Crippen molar-refractivity contribution in [3.63, 3.8) is 0 Å². The van der Waals surface area contributed by atoms with Gasteiger partial charge in [0.2, 0.25) is 0 Å². The average molecular weight is 223 g/mol. The third-order valence-corrected chi connectivity index (χ3v) is 3.83. The van der Waals surface area contributed by atoms with E-state index in [-0.39, 0.29) is 5.41 Å². The summed E-state index contributed by atoms with van der Waals surface area (Å²) in [6, 6.07) is 0. The highest BCUT2D eigenvalue weighted by Gasteiger charge is 2.26. The van der Waals surface area contributed by atoms with Crippen LogP contribution in [-0.2, 0) is 17.6 Å². The highest BCUT2D eigenvalue weighted by Crippen LogP contribution is 2.33. The van der Waals surface area contributed by atoms with Gasteiger partial charge in [-0.25, -0.2) is 0 Å². The molecule has 1 N–H and O–H groups in total. The highest BCUT2D eigenvalue weighted by atomic mass is 32.2. The molecule has 2 nitrogen and oxygen atoms in total. The summed E-state index contributed by atoms with van der Waals surface area (Å²) in [5.74, 6) is 2.14. The Morgan fingerprint density at radius 3 is 2.73 bits per heavy atom. The lowest BCUT2D eigenvalue weighted by atomic mass is 9.89. The van der Waals surface area contributed by atoms with Crippen LogP contribution in [0.4, 0.5) is 0 Å². The van der Waals surface area contributed by atoms with E-state index in [1.807, 2.05) is 11.8 Å². The third kappa shape index (κ3) is 1.85. The van der Waals surface area contributed by atoms with E-state index in [4.69, 9.17) is 0 Å². The average Bonchev–Trinajstić information content (AvgIpc) is 2.55. The Hall–Kier alpha value is -0.700. The number of carbonyl (C=O) groups excluding carboxylic acids is 1. The molecule has 0 unspecified atom stereocenters. The fourth-order valence-corrected chi connectivity index (χ4v) is 3.08. The van der Waals surface area contributed by atoms with Gasteiger partial charge in [0.1, 0.15) is 0 Å². The predicted molar refractivity (Wildman–Crippen MR) is 64.7 cm³/mol. The third-order valence-electron chi connectivity index (χ3n) is 2.85. The quantitative estimate of drug-likeness (QED) is 0.743. The zero-order chi connectivity index (χ0) is 11.1. The van der Waals surface area contributed by atoms with Gasteiger partial charge >= 0.3 is 0 Å². The maximum atomic E-state index is 11.2. The first-order valence-electron chi connectivity index (χ1n) is 5.31. The van der Waals surface area contributed by atoms with Gasteiger partial charge in [-0.05, 0) is 17.7 Å². The first kappa shape index (κ1) is 10.8. The van der Waals surface area contributed by atoms with Crippen LogP contribution in [0.5, 0.6) is 0 Å². The molecule has 82 valence electrons. The maximum absolute atomic E-state index is 11.2. The van der Waals surface area contributed by atoms with Crippen LogP contribution in [0.25, 0.3) is 0 Å². The number of fused-ring (bicyclic) bond motifs is 1. The molecule has 3 heteroatoms. The van der Waals surface area contributed by atoms with E-state index in [1.54, 1.807) is 0 Å². The molecule has 1 aliphatic rings. The van der Waals surface area contributed by atoms with Crippen LogP contribution in [0.15, 0.2) is 0 Å². The van der Waals surface area contributed by atoms with Crippen LogP contribution in [0, 0.1) is 0 Å². The predicted octanol–water partition coefficient (Wildman–Crippen LogP) is 2.91. The monoisotopic (exact) mass is 223 g/mol. The summed E-state index contributed by atoms with van der Waals surface area (Å²) >= 11 is 1.91. The van der Waals surface area contributed by atoms with Gasteiger partial charge in [0.25, 0.3) is 0 Å². The van der Waals surface area contributed by atoms with Gasteiger partial charge in [0.05, 0.1) is 0 Å². The van der Waals surface area contributed by atoms with Crippen molar-refractivity contribution in [2.75, 3.05) is 5.75 Å². The lowest BCUT2D eigenvalue weighted by molar-refractivity contribution is 0.112. The number of H-pyrrole nitrogens is 1. The summed E-state index contributed by atoms with van der Waals surface area (Å²) in [7, 11) is 0. The van der Waals surface area contributed by atoms with Gasteiger partial charge in [0, 0.05) is 28.1 Å². The molecule has 0 spiro atoms. The molecule has 2 heterocycles. The van der Waals surface area contributed by atoms with Crippen molar-refractivity contribution in [1.29, 1.82) is 0 Å². The van der Waals surface area contributed by atoms with Crippen molar-refractivity contribution in [3.05, 3.63) is 22.5 Å². The van der Waals surface area contributed by atoms with Crippen LogP contribution in [0.3, 0.4) is 0 Å². The Bertz CT molecular complexity index is 387. The molecule has 1 aromatic rings. The SMILES string of the molecule is CC(C)(C)c1[nH]c2c(c1C=O)CSCC2. The first-order valence-corrected chi connectivity index (χ1v) is 6.46. The van der Waals surface area contributed by atoms with Crippen LogP contribution >= 0.6 is 11.8 Å². The standard InChI is InChI=1S/C12H17NOS/c1-12(2,3)11-8(6-14)9-7-15-5-4-10(9)13-11/h6,13H,4-5,7H2,1-3H3. The summed E-state index contributed by atoms with van der Waals surface area (Å²) < 4.78 is 0. The Morgan fingerprint density at radius 2 is 2.13 bits per heavy atom. The molecule has 2 rings (SSSR count). The van der Waals surface area contributed by atoms with Gasteiger partial charge in [-0.15, -0.1) is 0 Å². The zero-order valence-corrected chi connectivity index (χ0v) is 10.3. The summed E-state index contributed by atoms with van der Waals surface area (Å²) in [6.45, 7) is 6.43. The molecular weight excluding hydrogens is 206 g/mol. The van der Waals surface area contributed by atoms with Crippen molar-refractivity contribution in [2.24, 2.45) is 0 Å². The Labute approximate surface area is 94.8 Å². The molecule has 0 fully saturated rings. The second-order valence-corrected chi connectivity index (χ2v) is 6.15. The summed E-state index contributed by atoms with van der Waals surface area (Å²) in [5, 5.41) is 0. The number of carbonyl (C=O) groups is 1. The number of aryl methyl sites for hydroxylation is 1. The van der Waals surface area contributed by atoms with Gasteiger partial charge in [0.15, 0.2) is 6.29 Å². The van der Waals surface area contributed by atoms with Crippen molar-refractivity contribution < 1.29 is 4.79 Å². The van der Waals surface area contributed by atoms with Crippen LogP contribution < -0.4 is 0 Å². The van der Waals surface area contributed by atoms with Crippen LogP contribution in [-0.4, -0.2) is 17.0 Å². The summed E-state index contributed by atoms with van der Waals surface area (Å²) in [5.41, 5.74) is 4.56. The van der Waals surface area contributed by atoms with Crippen LogP contribution in [0.2, 0.25) is 0 Å². The Morgan fingerprint density at radius 1 is 1.40 bits per heavy atom. The van der Waals surface area contributed by atoms with Gasteiger partial charge in [-0.3, -0.25) is 4.79 Å². The first-order chi connectivity index (χ1) is 7.04.